The van der Waals surface area contributed by atoms with Crippen LogP contribution >= 0.6 is 11.3 Å². The summed E-state index contributed by atoms with van der Waals surface area (Å²) in [6, 6.07) is 6.79. The van der Waals surface area contributed by atoms with Crippen LogP contribution in [0.4, 0.5) is 11.4 Å². The lowest BCUT2D eigenvalue weighted by molar-refractivity contribution is 0.123. The molecule has 2 saturated heterocycles. The number of rotatable bonds is 6. The van der Waals surface area contributed by atoms with Crippen molar-refractivity contribution in [3.63, 3.8) is 0 Å². The van der Waals surface area contributed by atoms with Gasteiger partial charge in [0.25, 0.3) is 5.56 Å². The van der Waals surface area contributed by atoms with Gasteiger partial charge >= 0.3 is 0 Å². The molecule has 176 valence electrons. The fourth-order valence-electron chi connectivity index (χ4n) is 4.32. The summed E-state index contributed by atoms with van der Waals surface area (Å²) in [5.74, 6) is 0. The lowest BCUT2D eigenvalue weighted by atomic mass is 10.2. The van der Waals surface area contributed by atoms with Crippen molar-refractivity contribution in [2.45, 2.75) is 30.7 Å². The van der Waals surface area contributed by atoms with E-state index >= 15 is 0 Å². The molecule has 2 fully saturated rings. The predicted molar refractivity (Wildman–Crippen MR) is 129 cm³/mol. The zero-order valence-electron chi connectivity index (χ0n) is 18.3. The number of ether oxygens (including phenoxy) is 1. The molecular weight excluding hydrogens is 462 g/mol. The minimum Gasteiger partial charge on any atom is -0.378 e. The molecule has 0 amide bonds. The van der Waals surface area contributed by atoms with Gasteiger partial charge in [0, 0.05) is 43.8 Å². The number of anilines is 2. The Kier molecular flexibility index (Phi) is 6.37. The van der Waals surface area contributed by atoms with Crippen molar-refractivity contribution < 1.29 is 13.2 Å². The van der Waals surface area contributed by atoms with Crippen LogP contribution in [0.5, 0.6) is 0 Å². The zero-order valence-corrected chi connectivity index (χ0v) is 19.9. The summed E-state index contributed by atoms with van der Waals surface area (Å²) < 4.78 is 35.1. The first kappa shape index (κ1) is 22.3. The smallest absolute Gasteiger partial charge is 0.258 e. The molecule has 0 unspecified atom stereocenters. The van der Waals surface area contributed by atoms with Gasteiger partial charge in [-0.1, -0.05) is 6.42 Å². The molecule has 1 aromatic carbocycles. The van der Waals surface area contributed by atoms with Crippen molar-refractivity contribution in [2.24, 2.45) is 0 Å². The normalized spacial score (nSPS) is 18.0. The van der Waals surface area contributed by atoms with Crippen LogP contribution in [0.25, 0.3) is 4.96 Å². The van der Waals surface area contributed by atoms with Crippen LogP contribution in [0, 0.1) is 0 Å². The number of morpholine rings is 1. The Hall–Kier alpha value is -2.47. The summed E-state index contributed by atoms with van der Waals surface area (Å²) in [7, 11) is -3.56. The Morgan fingerprint density at radius 1 is 1.06 bits per heavy atom. The molecule has 0 saturated carbocycles. The largest absolute Gasteiger partial charge is 0.378 e. The molecule has 0 spiro atoms. The highest BCUT2D eigenvalue weighted by atomic mass is 32.2. The molecule has 2 aromatic heterocycles. The molecule has 2 aliphatic rings. The maximum atomic E-state index is 13.3. The molecule has 0 atom stereocenters. The van der Waals surface area contributed by atoms with Crippen molar-refractivity contribution >= 4 is 37.7 Å². The third-order valence-corrected chi connectivity index (χ3v) is 8.74. The van der Waals surface area contributed by atoms with Crippen LogP contribution in [-0.4, -0.2) is 61.5 Å². The summed E-state index contributed by atoms with van der Waals surface area (Å²) in [6.45, 7) is 4.15. The second-order valence-electron chi connectivity index (χ2n) is 8.24. The highest BCUT2D eigenvalue weighted by molar-refractivity contribution is 7.89. The average molecular weight is 490 g/mol. The number of piperidine rings is 1. The Labute approximate surface area is 196 Å². The number of fused-ring (bicyclic) bond motifs is 1. The number of benzene rings is 1. The van der Waals surface area contributed by atoms with Crippen LogP contribution in [0.15, 0.2) is 45.5 Å². The van der Waals surface area contributed by atoms with Crippen molar-refractivity contribution in [1.29, 1.82) is 0 Å². The van der Waals surface area contributed by atoms with Gasteiger partial charge in [-0.2, -0.15) is 4.31 Å². The lowest BCUT2D eigenvalue weighted by Gasteiger charge is -2.31. The van der Waals surface area contributed by atoms with E-state index in [2.05, 4.69) is 15.2 Å². The highest BCUT2D eigenvalue weighted by Crippen LogP contribution is 2.32. The van der Waals surface area contributed by atoms with Crippen molar-refractivity contribution in [2.75, 3.05) is 49.6 Å². The molecule has 11 heteroatoms. The quantitative estimate of drug-likeness (QED) is 0.568. The van der Waals surface area contributed by atoms with E-state index in [4.69, 9.17) is 4.74 Å². The van der Waals surface area contributed by atoms with Crippen LogP contribution in [0.3, 0.4) is 0 Å². The van der Waals surface area contributed by atoms with Gasteiger partial charge < -0.3 is 15.0 Å². The second-order valence-corrected chi connectivity index (χ2v) is 11.0. The first-order chi connectivity index (χ1) is 16.0. The summed E-state index contributed by atoms with van der Waals surface area (Å²) in [6.07, 6.45) is 4.56. The first-order valence-electron chi connectivity index (χ1n) is 11.2. The summed E-state index contributed by atoms with van der Waals surface area (Å²) in [4.78, 5) is 20.0. The standard InChI is InChI=1S/C22H27N5O4S2/c28-21-14-17(24-22-27(21)10-13-32-22)16-23-19-15-18(33(29,30)26-6-2-1-3-7-26)4-5-20(19)25-8-11-31-12-9-25/h4-5,10,13-15,23H,1-3,6-9,11-12,16H2. The number of hydrogen-bond donors (Lipinski definition) is 1. The molecule has 3 aromatic rings. The second kappa shape index (κ2) is 9.41. The van der Waals surface area contributed by atoms with Crippen LogP contribution < -0.4 is 15.8 Å². The minimum absolute atomic E-state index is 0.132. The average Bonchev–Trinajstić information content (AvgIpc) is 3.33. The highest BCUT2D eigenvalue weighted by Gasteiger charge is 2.27. The van der Waals surface area contributed by atoms with E-state index in [1.807, 2.05) is 11.4 Å². The van der Waals surface area contributed by atoms with E-state index in [1.54, 1.807) is 22.6 Å². The molecule has 2 aliphatic heterocycles. The van der Waals surface area contributed by atoms with E-state index in [1.165, 1.54) is 21.8 Å². The van der Waals surface area contributed by atoms with Gasteiger partial charge in [0.2, 0.25) is 10.0 Å². The summed E-state index contributed by atoms with van der Waals surface area (Å²) >= 11 is 1.40. The Morgan fingerprint density at radius 2 is 1.85 bits per heavy atom. The fourth-order valence-corrected chi connectivity index (χ4v) is 6.60. The first-order valence-corrected chi connectivity index (χ1v) is 13.5. The van der Waals surface area contributed by atoms with Crippen molar-refractivity contribution in [3.05, 3.63) is 51.9 Å². The third kappa shape index (κ3) is 4.63. The van der Waals surface area contributed by atoms with Gasteiger partial charge in [-0.25, -0.2) is 13.4 Å². The molecule has 0 bridgehead atoms. The maximum absolute atomic E-state index is 13.3. The number of nitrogens with one attached hydrogen (secondary N) is 1. The van der Waals surface area contributed by atoms with Gasteiger partial charge in [0.1, 0.15) is 0 Å². The van der Waals surface area contributed by atoms with Gasteiger partial charge in [-0.3, -0.25) is 9.20 Å². The van der Waals surface area contributed by atoms with E-state index in [-0.39, 0.29) is 10.5 Å². The third-order valence-electron chi connectivity index (χ3n) is 6.09. The van der Waals surface area contributed by atoms with Gasteiger partial charge in [-0.15, -0.1) is 11.3 Å². The number of thiazole rings is 1. The van der Waals surface area contributed by atoms with E-state index in [0.717, 1.165) is 38.0 Å². The number of sulfonamides is 1. The maximum Gasteiger partial charge on any atom is 0.258 e. The Bertz CT molecular complexity index is 1290. The molecule has 1 N–H and O–H groups in total. The summed E-state index contributed by atoms with van der Waals surface area (Å²) in [5.41, 5.74) is 2.11. The summed E-state index contributed by atoms with van der Waals surface area (Å²) in [5, 5.41) is 5.18. The SMILES string of the molecule is O=c1cc(CNc2cc(S(=O)(=O)N3CCCCC3)ccc2N2CCOCC2)nc2sccn12. The number of hydrogen-bond acceptors (Lipinski definition) is 8. The predicted octanol–water partition coefficient (Wildman–Crippen LogP) is 2.38. The topological polar surface area (TPSA) is 96.2 Å². The fraction of sp³-hybridized carbons (Fsp3) is 0.455. The molecule has 33 heavy (non-hydrogen) atoms. The molecular formula is C22H27N5O4S2. The van der Waals surface area contributed by atoms with E-state index in [0.29, 0.717) is 49.2 Å². The van der Waals surface area contributed by atoms with E-state index in [9.17, 15) is 13.2 Å². The molecule has 5 rings (SSSR count). The lowest BCUT2D eigenvalue weighted by Crippen LogP contribution is -2.37. The molecule has 9 nitrogen and oxygen atoms in total. The minimum atomic E-state index is -3.56. The molecule has 4 heterocycles. The Balaban J connectivity index is 1.46. The molecule has 0 radical (unpaired) electrons. The van der Waals surface area contributed by atoms with Crippen molar-refractivity contribution in [1.82, 2.24) is 13.7 Å². The van der Waals surface area contributed by atoms with Crippen molar-refractivity contribution in [3.8, 4) is 0 Å². The number of nitrogens with zero attached hydrogens (tertiary/aromatic N) is 4. The molecule has 0 aliphatic carbocycles. The van der Waals surface area contributed by atoms with Gasteiger partial charge in [0.15, 0.2) is 4.96 Å². The Morgan fingerprint density at radius 3 is 2.64 bits per heavy atom. The van der Waals surface area contributed by atoms with Crippen LogP contribution in [0.1, 0.15) is 25.0 Å². The number of aromatic nitrogens is 2. The van der Waals surface area contributed by atoms with Crippen LogP contribution in [0.2, 0.25) is 0 Å². The zero-order chi connectivity index (χ0) is 22.8. The van der Waals surface area contributed by atoms with Gasteiger partial charge in [-0.05, 0) is 31.0 Å². The van der Waals surface area contributed by atoms with E-state index < -0.39 is 10.0 Å². The van der Waals surface area contributed by atoms with Gasteiger partial charge in [0.05, 0.1) is 41.7 Å². The van der Waals surface area contributed by atoms with Crippen LogP contribution in [-0.2, 0) is 21.3 Å². The monoisotopic (exact) mass is 489 g/mol.